The topological polar surface area (TPSA) is 47.7 Å². The Kier molecular flexibility index (Phi) is 7.05. The van der Waals surface area contributed by atoms with Gasteiger partial charge in [-0.05, 0) is 17.7 Å². The lowest BCUT2D eigenvalue weighted by Gasteiger charge is -2.24. The molecule has 0 saturated carbocycles. The molecule has 5 heteroatoms. The van der Waals surface area contributed by atoms with Crippen molar-refractivity contribution >= 4 is 17.3 Å². The van der Waals surface area contributed by atoms with Crippen LogP contribution < -0.4 is 10.6 Å². The molecule has 0 radical (unpaired) electrons. The van der Waals surface area contributed by atoms with E-state index in [1.807, 2.05) is 18.2 Å². The van der Waals surface area contributed by atoms with Gasteiger partial charge in [-0.1, -0.05) is 17.7 Å². The summed E-state index contributed by atoms with van der Waals surface area (Å²) < 4.78 is 10.2. The summed E-state index contributed by atoms with van der Waals surface area (Å²) in [5.74, 6) is 0. The van der Waals surface area contributed by atoms with E-state index in [0.717, 1.165) is 24.3 Å². The molecule has 0 aromatic heterocycles. The molecule has 0 atom stereocenters. The van der Waals surface area contributed by atoms with Gasteiger partial charge < -0.3 is 20.1 Å². The molecule has 0 amide bonds. The molecule has 0 aliphatic rings. The summed E-state index contributed by atoms with van der Waals surface area (Å²) in [6, 6.07) is 5.93. The fourth-order valence-electron chi connectivity index (χ4n) is 1.67. The Hall–Kier alpha value is -0.810. The lowest BCUT2D eigenvalue weighted by Crippen LogP contribution is -2.30. The van der Waals surface area contributed by atoms with Crippen LogP contribution in [-0.4, -0.2) is 40.5 Å². The molecule has 0 unspecified atom stereocenters. The van der Waals surface area contributed by atoms with Crippen LogP contribution in [-0.2, 0) is 16.0 Å². The predicted molar refractivity (Wildman–Crippen MR) is 75.3 cm³/mol. The van der Waals surface area contributed by atoms with Crippen LogP contribution >= 0.6 is 11.6 Å². The van der Waals surface area contributed by atoms with E-state index in [1.165, 1.54) is 0 Å². The second-order valence-corrected chi connectivity index (χ2v) is 4.36. The Bertz CT molecular complexity index is 353. The van der Waals surface area contributed by atoms with Crippen molar-refractivity contribution in [2.45, 2.75) is 6.54 Å². The Morgan fingerprint density at radius 2 is 1.78 bits per heavy atom. The highest BCUT2D eigenvalue weighted by atomic mass is 35.5. The number of hydrogen-bond donors (Lipinski definition) is 1. The molecule has 0 saturated heterocycles. The summed E-state index contributed by atoms with van der Waals surface area (Å²) in [6.07, 6.45) is 0. The van der Waals surface area contributed by atoms with E-state index in [1.54, 1.807) is 14.2 Å². The average Bonchev–Trinajstić information content (AvgIpc) is 2.39. The summed E-state index contributed by atoms with van der Waals surface area (Å²) in [5, 5.41) is 0.704. The van der Waals surface area contributed by atoms with Gasteiger partial charge in [-0.25, -0.2) is 0 Å². The second-order valence-electron chi connectivity index (χ2n) is 3.95. The molecule has 2 N–H and O–H groups in total. The van der Waals surface area contributed by atoms with Gasteiger partial charge in [0.05, 0.1) is 13.2 Å². The maximum absolute atomic E-state index is 6.17. The molecule has 0 fully saturated rings. The minimum atomic E-state index is 0.454. The summed E-state index contributed by atoms with van der Waals surface area (Å²) in [7, 11) is 3.39. The fourth-order valence-corrected chi connectivity index (χ4v) is 1.92. The number of methoxy groups -OCH3 is 2. The first kappa shape index (κ1) is 15.2. The molecule has 0 bridgehead atoms. The van der Waals surface area contributed by atoms with E-state index >= 15 is 0 Å². The highest BCUT2D eigenvalue weighted by Gasteiger charge is 2.08. The van der Waals surface area contributed by atoms with E-state index in [-0.39, 0.29) is 0 Å². The van der Waals surface area contributed by atoms with Crippen LogP contribution in [0.4, 0.5) is 5.69 Å². The second kappa shape index (κ2) is 8.32. The Labute approximate surface area is 114 Å². The zero-order chi connectivity index (χ0) is 13.4. The molecule has 4 nitrogen and oxygen atoms in total. The summed E-state index contributed by atoms with van der Waals surface area (Å²) in [6.45, 7) is 3.39. The molecular weight excluding hydrogens is 252 g/mol. The molecule has 0 heterocycles. The van der Waals surface area contributed by atoms with Gasteiger partial charge in [-0.3, -0.25) is 0 Å². The monoisotopic (exact) mass is 272 g/mol. The minimum absolute atomic E-state index is 0.454. The maximum atomic E-state index is 6.17. The van der Waals surface area contributed by atoms with Gasteiger partial charge in [-0.15, -0.1) is 0 Å². The SMILES string of the molecule is COCCN(CCOC)c1ccc(CN)c(Cl)c1. The van der Waals surface area contributed by atoms with Crippen LogP contribution in [0, 0.1) is 0 Å². The van der Waals surface area contributed by atoms with E-state index in [2.05, 4.69) is 4.90 Å². The molecular formula is C13H21ClN2O2. The van der Waals surface area contributed by atoms with Crippen LogP contribution in [0.25, 0.3) is 0 Å². The number of rotatable bonds is 8. The normalized spacial score (nSPS) is 10.7. The molecule has 0 aliphatic heterocycles. The quantitative estimate of drug-likeness (QED) is 0.785. The summed E-state index contributed by atoms with van der Waals surface area (Å²) >= 11 is 6.17. The number of nitrogens with zero attached hydrogens (tertiary/aromatic N) is 1. The third-order valence-electron chi connectivity index (χ3n) is 2.75. The van der Waals surface area contributed by atoms with E-state index in [9.17, 15) is 0 Å². The standard InChI is InChI=1S/C13H21ClN2O2/c1-17-7-5-16(6-8-18-2)12-4-3-11(10-15)13(14)9-12/h3-4,9H,5-8,10,15H2,1-2H3. The van der Waals surface area contributed by atoms with Crippen molar-refractivity contribution in [1.29, 1.82) is 0 Å². The van der Waals surface area contributed by atoms with Crippen molar-refractivity contribution < 1.29 is 9.47 Å². The molecule has 1 rings (SSSR count). The van der Waals surface area contributed by atoms with E-state index in [0.29, 0.717) is 24.8 Å². The van der Waals surface area contributed by atoms with Crippen molar-refractivity contribution in [1.82, 2.24) is 0 Å². The number of ether oxygens (including phenoxy) is 2. The molecule has 1 aromatic carbocycles. The lowest BCUT2D eigenvalue weighted by atomic mass is 10.2. The number of hydrogen-bond acceptors (Lipinski definition) is 4. The maximum Gasteiger partial charge on any atom is 0.0637 e. The first-order valence-electron chi connectivity index (χ1n) is 5.94. The van der Waals surface area contributed by atoms with Gasteiger partial charge in [0.25, 0.3) is 0 Å². The third kappa shape index (κ3) is 4.46. The van der Waals surface area contributed by atoms with Gasteiger partial charge in [-0.2, -0.15) is 0 Å². The van der Waals surface area contributed by atoms with Crippen LogP contribution in [0.1, 0.15) is 5.56 Å². The fraction of sp³-hybridized carbons (Fsp3) is 0.538. The minimum Gasteiger partial charge on any atom is -0.383 e. The van der Waals surface area contributed by atoms with Gasteiger partial charge in [0.1, 0.15) is 0 Å². The van der Waals surface area contributed by atoms with Crippen molar-refractivity contribution in [3.63, 3.8) is 0 Å². The number of benzene rings is 1. The van der Waals surface area contributed by atoms with E-state index in [4.69, 9.17) is 26.8 Å². The van der Waals surface area contributed by atoms with E-state index < -0.39 is 0 Å². The van der Waals surface area contributed by atoms with Gasteiger partial charge >= 0.3 is 0 Å². The van der Waals surface area contributed by atoms with Gasteiger partial charge in [0.2, 0.25) is 0 Å². The van der Waals surface area contributed by atoms with Crippen LogP contribution in [0.15, 0.2) is 18.2 Å². The van der Waals surface area contributed by atoms with Crippen molar-refractivity contribution in [3.05, 3.63) is 28.8 Å². The van der Waals surface area contributed by atoms with Crippen molar-refractivity contribution in [3.8, 4) is 0 Å². The highest BCUT2D eigenvalue weighted by molar-refractivity contribution is 6.31. The molecule has 0 aliphatic carbocycles. The molecule has 0 spiro atoms. The van der Waals surface area contributed by atoms with Crippen molar-refractivity contribution in [2.75, 3.05) is 45.4 Å². The summed E-state index contributed by atoms with van der Waals surface area (Å²) in [4.78, 5) is 2.18. The van der Waals surface area contributed by atoms with Crippen LogP contribution in [0.3, 0.4) is 0 Å². The van der Waals surface area contributed by atoms with Gasteiger partial charge in [0.15, 0.2) is 0 Å². The zero-order valence-corrected chi connectivity index (χ0v) is 11.7. The molecule has 1 aromatic rings. The zero-order valence-electron chi connectivity index (χ0n) is 11.0. The third-order valence-corrected chi connectivity index (χ3v) is 3.10. The predicted octanol–water partition coefficient (Wildman–Crippen LogP) is 1.90. The van der Waals surface area contributed by atoms with Crippen molar-refractivity contribution in [2.24, 2.45) is 5.73 Å². The number of nitrogens with two attached hydrogens (primary N) is 1. The highest BCUT2D eigenvalue weighted by Crippen LogP contribution is 2.23. The Morgan fingerprint density at radius 1 is 1.17 bits per heavy atom. The first-order valence-corrected chi connectivity index (χ1v) is 6.32. The Balaban J connectivity index is 2.79. The average molecular weight is 273 g/mol. The summed E-state index contributed by atoms with van der Waals surface area (Å²) in [5.41, 5.74) is 7.62. The molecule has 18 heavy (non-hydrogen) atoms. The number of halogens is 1. The molecule has 102 valence electrons. The lowest BCUT2D eigenvalue weighted by molar-refractivity contribution is 0.190. The first-order chi connectivity index (χ1) is 8.72. The number of anilines is 1. The van der Waals surface area contributed by atoms with Crippen LogP contribution in [0.5, 0.6) is 0 Å². The van der Waals surface area contributed by atoms with Gasteiger partial charge in [0, 0.05) is 44.6 Å². The Morgan fingerprint density at radius 3 is 2.22 bits per heavy atom. The largest absolute Gasteiger partial charge is 0.383 e. The van der Waals surface area contributed by atoms with Crippen LogP contribution in [0.2, 0.25) is 5.02 Å². The smallest absolute Gasteiger partial charge is 0.0637 e.